The van der Waals surface area contributed by atoms with Crippen LogP contribution in [-0.4, -0.2) is 34.8 Å². The molecule has 1 aromatic heterocycles. The molecular formula is C15H18N4O. The zero-order valence-electron chi connectivity index (χ0n) is 11.2. The maximum atomic E-state index is 12.2. The fourth-order valence-electron chi connectivity index (χ4n) is 2.41. The van der Waals surface area contributed by atoms with E-state index in [4.69, 9.17) is 0 Å². The highest BCUT2D eigenvalue weighted by molar-refractivity contribution is 5.94. The zero-order valence-corrected chi connectivity index (χ0v) is 11.2. The van der Waals surface area contributed by atoms with Gasteiger partial charge in [0.25, 0.3) is 5.91 Å². The molecular weight excluding hydrogens is 252 g/mol. The molecule has 2 aromatic rings. The molecule has 0 aliphatic carbocycles. The lowest BCUT2D eigenvalue weighted by Gasteiger charge is -2.23. The van der Waals surface area contributed by atoms with Gasteiger partial charge >= 0.3 is 0 Å². The maximum absolute atomic E-state index is 12.2. The molecule has 0 radical (unpaired) electrons. The first-order valence-corrected chi connectivity index (χ1v) is 6.94. The fraction of sp³-hybridized carbons (Fsp3) is 0.333. The van der Waals surface area contributed by atoms with E-state index >= 15 is 0 Å². The number of carbonyl (C=O) groups is 1. The first-order chi connectivity index (χ1) is 9.83. The maximum Gasteiger partial charge on any atom is 0.254 e. The van der Waals surface area contributed by atoms with Crippen LogP contribution in [0.2, 0.25) is 0 Å². The van der Waals surface area contributed by atoms with Crippen LogP contribution in [0.25, 0.3) is 5.69 Å². The number of aromatic nitrogens is 2. The van der Waals surface area contributed by atoms with E-state index < -0.39 is 0 Å². The third-order valence-electron chi connectivity index (χ3n) is 3.50. The van der Waals surface area contributed by atoms with Crippen LogP contribution in [0.5, 0.6) is 0 Å². The summed E-state index contributed by atoms with van der Waals surface area (Å²) < 4.78 is 1.72. The molecule has 1 amide bonds. The smallest absolute Gasteiger partial charge is 0.254 e. The molecule has 2 heterocycles. The number of rotatable bonds is 3. The van der Waals surface area contributed by atoms with Gasteiger partial charge in [0.15, 0.2) is 0 Å². The van der Waals surface area contributed by atoms with Crippen molar-refractivity contribution in [2.45, 2.75) is 18.9 Å². The fourth-order valence-corrected chi connectivity index (χ4v) is 2.41. The summed E-state index contributed by atoms with van der Waals surface area (Å²) in [5, 5.41) is 10.6. The van der Waals surface area contributed by atoms with Crippen LogP contribution in [0.15, 0.2) is 42.7 Å². The number of hydrogen-bond donors (Lipinski definition) is 2. The van der Waals surface area contributed by atoms with Crippen LogP contribution in [-0.2, 0) is 0 Å². The zero-order chi connectivity index (χ0) is 13.8. The molecule has 104 valence electrons. The Kier molecular flexibility index (Phi) is 3.78. The van der Waals surface area contributed by atoms with E-state index in [1.54, 1.807) is 17.1 Å². The number of para-hydroxylation sites is 1. The number of piperidine rings is 1. The van der Waals surface area contributed by atoms with Gasteiger partial charge in [-0.2, -0.15) is 5.10 Å². The van der Waals surface area contributed by atoms with Crippen LogP contribution < -0.4 is 10.6 Å². The molecule has 5 heteroatoms. The summed E-state index contributed by atoms with van der Waals surface area (Å²) in [5.41, 5.74) is 1.55. The van der Waals surface area contributed by atoms with Crippen molar-refractivity contribution in [3.05, 3.63) is 48.3 Å². The van der Waals surface area contributed by atoms with Gasteiger partial charge in [0.05, 0.1) is 17.4 Å². The van der Waals surface area contributed by atoms with E-state index in [-0.39, 0.29) is 11.9 Å². The standard InChI is InChI=1S/C15H18N4O/c20-15(18-13-5-4-8-16-10-13)12-9-17-19(11-12)14-6-2-1-3-7-14/h1-3,6-7,9,11,13,16H,4-5,8,10H2,(H,18,20)/t13-/m0/s1. The molecule has 1 aromatic carbocycles. The molecule has 1 saturated heterocycles. The van der Waals surface area contributed by atoms with Crippen LogP contribution in [0.4, 0.5) is 0 Å². The minimum absolute atomic E-state index is 0.0547. The molecule has 3 rings (SSSR count). The van der Waals surface area contributed by atoms with Crippen molar-refractivity contribution in [1.29, 1.82) is 0 Å². The Bertz CT molecular complexity index is 573. The first-order valence-electron chi connectivity index (χ1n) is 6.94. The molecule has 1 atom stereocenters. The number of hydrogen-bond acceptors (Lipinski definition) is 3. The molecule has 1 fully saturated rings. The number of nitrogens with zero attached hydrogens (tertiary/aromatic N) is 2. The van der Waals surface area contributed by atoms with E-state index in [1.165, 1.54) is 0 Å². The van der Waals surface area contributed by atoms with Crippen LogP contribution in [0.1, 0.15) is 23.2 Å². The van der Waals surface area contributed by atoms with Gasteiger partial charge in [0.1, 0.15) is 0 Å². The number of benzene rings is 1. The van der Waals surface area contributed by atoms with Crippen molar-refractivity contribution in [3.8, 4) is 5.69 Å². The SMILES string of the molecule is O=C(N[C@H]1CCCNC1)c1cnn(-c2ccccc2)c1. The molecule has 1 aliphatic rings. The monoisotopic (exact) mass is 270 g/mol. The van der Waals surface area contributed by atoms with E-state index in [9.17, 15) is 4.79 Å². The highest BCUT2D eigenvalue weighted by atomic mass is 16.1. The minimum Gasteiger partial charge on any atom is -0.348 e. The lowest BCUT2D eigenvalue weighted by atomic mass is 10.1. The molecule has 0 unspecified atom stereocenters. The Hall–Kier alpha value is -2.14. The summed E-state index contributed by atoms with van der Waals surface area (Å²) in [4.78, 5) is 12.2. The second-order valence-corrected chi connectivity index (χ2v) is 5.03. The van der Waals surface area contributed by atoms with Gasteiger partial charge in [-0.3, -0.25) is 4.79 Å². The second kappa shape index (κ2) is 5.88. The Labute approximate surface area is 118 Å². The van der Waals surface area contributed by atoms with Crippen molar-refractivity contribution < 1.29 is 4.79 Å². The molecule has 1 aliphatic heterocycles. The van der Waals surface area contributed by atoms with E-state index in [2.05, 4.69) is 15.7 Å². The largest absolute Gasteiger partial charge is 0.348 e. The van der Waals surface area contributed by atoms with Crippen molar-refractivity contribution in [3.63, 3.8) is 0 Å². The molecule has 20 heavy (non-hydrogen) atoms. The van der Waals surface area contributed by atoms with Crippen LogP contribution >= 0.6 is 0 Å². The highest BCUT2D eigenvalue weighted by Crippen LogP contribution is 2.08. The molecule has 0 spiro atoms. The predicted molar refractivity (Wildman–Crippen MR) is 76.9 cm³/mol. The Morgan fingerprint density at radius 2 is 2.20 bits per heavy atom. The van der Waals surface area contributed by atoms with Crippen LogP contribution in [0, 0.1) is 0 Å². The predicted octanol–water partition coefficient (Wildman–Crippen LogP) is 1.35. The molecule has 0 bridgehead atoms. The van der Waals surface area contributed by atoms with Crippen molar-refractivity contribution in [1.82, 2.24) is 20.4 Å². The lowest BCUT2D eigenvalue weighted by Crippen LogP contribution is -2.45. The van der Waals surface area contributed by atoms with Crippen LogP contribution in [0.3, 0.4) is 0 Å². The average molecular weight is 270 g/mol. The van der Waals surface area contributed by atoms with Crippen molar-refractivity contribution in [2.24, 2.45) is 0 Å². The second-order valence-electron chi connectivity index (χ2n) is 5.03. The van der Waals surface area contributed by atoms with Gasteiger partial charge in [0, 0.05) is 18.8 Å². The Balaban J connectivity index is 1.68. The van der Waals surface area contributed by atoms with E-state index in [1.807, 2.05) is 30.3 Å². The third-order valence-corrected chi connectivity index (χ3v) is 3.50. The Morgan fingerprint density at radius 1 is 1.35 bits per heavy atom. The van der Waals surface area contributed by atoms with Gasteiger partial charge in [-0.25, -0.2) is 4.68 Å². The van der Waals surface area contributed by atoms with Crippen molar-refractivity contribution >= 4 is 5.91 Å². The summed E-state index contributed by atoms with van der Waals surface area (Å²) in [6, 6.07) is 9.99. The van der Waals surface area contributed by atoms with E-state index in [0.717, 1.165) is 31.6 Å². The molecule has 2 N–H and O–H groups in total. The summed E-state index contributed by atoms with van der Waals surface area (Å²) in [6.45, 7) is 1.89. The van der Waals surface area contributed by atoms with Crippen molar-refractivity contribution in [2.75, 3.05) is 13.1 Å². The minimum atomic E-state index is -0.0547. The first kappa shape index (κ1) is 12.9. The van der Waals surface area contributed by atoms with Gasteiger partial charge < -0.3 is 10.6 Å². The van der Waals surface area contributed by atoms with E-state index in [0.29, 0.717) is 5.56 Å². The highest BCUT2D eigenvalue weighted by Gasteiger charge is 2.17. The third kappa shape index (κ3) is 2.88. The van der Waals surface area contributed by atoms with Gasteiger partial charge in [0.2, 0.25) is 0 Å². The quantitative estimate of drug-likeness (QED) is 0.885. The molecule has 0 saturated carbocycles. The summed E-state index contributed by atoms with van der Waals surface area (Å²) >= 11 is 0. The lowest BCUT2D eigenvalue weighted by molar-refractivity contribution is 0.0930. The Morgan fingerprint density at radius 3 is 2.95 bits per heavy atom. The van der Waals surface area contributed by atoms with Gasteiger partial charge in [-0.15, -0.1) is 0 Å². The number of carbonyl (C=O) groups excluding carboxylic acids is 1. The summed E-state index contributed by atoms with van der Waals surface area (Å²) in [5.74, 6) is -0.0547. The normalized spacial score (nSPS) is 18.7. The summed E-state index contributed by atoms with van der Waals surface area (Å²) in [6.07, 6.45) is 5.51. The number of nitrogens with one attached hydrogen (secondary N) is 2. The molecule has 5 nitrogen and oxygen atoms in total. The topological polar surface area (TPSA) is 59.0 Å². The number of amides is 1. The summed E-state index contributed by atoms with van der Waals surface area (Å²) in [7, 11) is 0. The average Bonchev–Trinajstić information content (AvgIpc) is 2.99. The van der Waals surface area contributed by atoms with Gasteiger partial charge in [-0.05, 0) is 31.5 Å². The van der Waals surface area contributed by atoms with Gasteiger partial charge in [-0.1, -0.05) is 18.2 Å².